The Labute approximate surface area is 192 Å². The molecule has 1 amide bonds. The lowest BCUT2D eigenvalue weighted by Gasteiger charge is -2.34. The monoisotopic (exact) mass is 470 g/mol. The van der Waals surface area contributed by atoms with Crippen molar-refractivity contribution in [3.63, 3.8) is 0 Å². The maximum atomic E-state index is 13.6. The molecule has 8 nitrogen and oxygen atoms in total. The Bertz CT molecular complexity index is 1200. The van der Waals surface area contributed by atoms with Crippen molar-refractivity contribution >= 4 is 25.8 Å². The first-order valence-corrected chi connectivity index (χ1v) is 12.6. The standard InChI is InChI=1S/C22H27N6O2PS/c1-13(31)14-6-5-8-28-16(14)11-32(26-28)20-18-15(24-12-25-18)7-9-27(20)19(29)17-10-23-21(30-17)22(2,3)4/h5-6,8,10-13,20H,7,9,31H2,1-4H3,(H,24,25)/t13?,20-,32?/m0/s1. The van der Waals surface area contributed by atoms with E-state index in [2.05, 4.69) is 42.6 Å². The number of imidazole rings is 1. The van der Waals surface area contributed by atoms with E-state index in [0.29, 0.717) is 24.5 Å². The molecule has 0 bridgehead atoms. The molecule has 5 heterocycles. The molecular weight excluding hydrogens is 443 g/mol. The lowest BCUT2D eigenvalue weighted by atomic mass is 9.97. The summed E-state index contributed by atoms with van der Waals surface area (Å²) in [6, 6.07) is 0. The highest BCUT2D eigenvalue weighted by Crippen LogP contribution is 2.40. The molecule has 0 radical (unpaired) electrons. The van der Waals surface area contributed by atoms with E-state index < -0.39 is 10.7 Å². The summed E-state index contributed by atoms with van der Waals surface area (Å²) in [4.78, 5) is 27.6. The Morgan fingerprint density at radius 3 is 2.91 bits per heavy atom. The van der Waals surface area contributed by atoms with Gasteiger partial charge in [0, 0.05) is 35.7 Å². The van der Waals surface area contributed by atoms with E-state index in [9.17, 15) is 4.79 Å². The predicted octanol–water partition coefficient (Wildman–Crippen LogP) is 3.98. The number of rotatable bonds is 3. The van der Waals surface area contributed by atoms with Crippen LogP contribution in [0, 0.1) is 0 Å². The van der Waals surface area contributed by atoms with E-state index >= 15 is 0 Å². The number of carbonyl (C=O) groups is 1. The third kappa shape index (κ3) is 3.57. The van der Waals surface area contributed by atoms with Crippen LogP contribution in [0.4, 0.5) is 0 Å². The Morgan fingerprint density at radius 2 is 2.19 bits per heavy atom. The number of nitrogens with one attached hydrogen (secondary N) is 1. The van der Waals surface area contributed by atoms with E-state index in [0.717, 1.165) is 17.1 Å². The molecule has 0 fully saturated rings. The first kappa shape index (κ1) is 21.3. The van der Waals surface area contributed by atoms with Gasteiger partial charge in [-0.25, -0.2) is 15.0 Å². The summed E-state index contributed by atoms with van der Waals surface area (Å²) in [5.41, 5.74) is 4.23. The average Bonchev–Trinajstić information content (AvgIpc) is 3.50. The Kier molecular flexibility index (Phi) is 5.21. The quantitative estimate of drug-likeness (QED) is 0.686. The van der Waals surface area contributed by atoms with Crippen molar-refractivity contribution in [2.24, 2.45) is 4.47 Å². The number of carbonyl (C=O) groups excluding carboxylic acids is 1. The van der Waals surface area contributed by atoms with E-state index in [4.69, 9.17) is 8.89 Å². The van der Waals surface area contributed by atoms with Gasteiger partial charge in [0.15, 0.2) is 0 Å². The van der Waals surface area contributed by atoms with Crippen LogP contribution in [0.3, 0.4) is 0 Å². The molecule has 2 aromatic heterocycles. The van der Waals surface area contributed by atoms with E-state index in [1.165, 1.54) is 11.8 Å². The number of oxazole rings is 1. The van der Waals surface area contributed by atoms with Gasteiger partial charge < -0.3 is 14.3 Å². The number of H-pyrrole nitrogens is 1. The van der Waals surface area contributed by atoms with E-state index in [1.807, 2.05) is 43.0 Å². The van der Waals surface area contributed by atoms with Crippen molar-refractivity contribution in [1.82, 2.24) is 24.9 Å². The lowest BCUT2D eigenvalue weighted by Crippen LogP contribution is -2.41. The Morgan fingerprint density at radius 1 is 1.38 bits per heavy atom. The van der Waals surface area contributed by atoms with Gasteiger partial charge in [0.25, 0.3) is 5.91 Å². The van der Waals surface area contributed by atoms with Crippen molar-refractivity contribution in [2.45, 2.75) is 50.6 Å². The number of hydrogen-bond donors (Lipinski definition) is 1. The van der Waals surface area contributed by atoms with Crippen LogP contribution in [0.15, 0.2) is 56.4 Å². The molecule has 3 aliphatic rings. The van der Waals surface area contributed by atoms with Gasteiger partial charge in [-0.3, -0.25) is 4.79 Å². The zero-order chi connectivity index (χ0) is 22.6. The zero-order valence-electron chi connectivity index (χ0n) is 18.6. The third-order valence-electron chi connectivity index (χ3n) is 5.67. The number of nitrogens with zero attached hydrogens (tertiary/aromatic N) is 5. The second kappa shape index (κ2) is 7.81. The minimum absolute atomic E-state index is 0.177. The first-order chi connectivity index (χ1) is 15.2. The molecule has 5 rings (SSSR count). The van der Waals surface area contributed by atoms with Gasteiger partial charge >= 0.3 is 0 Å². The average molecular weight is 471 g/mol. The van der Waals surface area contributed by atoms with Gasteiger partial charge in [0.05, 0.1) is 23.9 Å². The van der Waals surface area contributed by atoms with Gasteiger partial charge in [0.1, 0.15) is 5.37 Å². The van der Waals surface area contributed by atoms with Crippen LogP contribution in [0.1, 0.15) is 60.9 Å². The molecule has 0 spiro atoms. The summed E-state index contributed by atoms with van der Waals surface area (Å²) in [7, 11) is 2.25. The number of fused-ring (bicyclic) bond motifs is 2. The highest BCUT2D eigenvalue weighted by Gasteiger charge is 2.39. The topological polar surface area (TPSA) is 90.6 Å². The van der Waals surface area contributed by atoms with Gasteiger partial charge in [-0.15, -0.1) is 13.7 Å². The third-order valence-corrected chi connectivity index (χ3v) is 7.79. The molecule has 0 saturated carbocycles. The SMILES string of the molecule is CC(P)C1=CC=CN2N=S([C@H]3c4nc[nH]c4CCN3C(=O)c3cnc(C(C)(C)C)o3)C=C12. The Balaban J connectivity index is 1.53. The molecule has 3 unspecified atom stereocenters. The normalized spacial score (nSPS) is 23.3. The summed E-state index contributed by atoms with van der Waals surface area (Å²) in [5, 5.41) is 3.80. The summed E-state index contributed by atoms with van der Waals surface area (Å²) in [5.74, 6) is 0.631. The van der Waals surface area contributed by atoms with Crippen molar-refractivity contribution in [1.29, 1.82) is 0 Å². The molecule has 4 atom stereocenters. The fraction of sp³-hybridized carbons (Fsp3) is 0.409. The molecule has 10 heteroatoms. The molecule has 0 aliphatic carbocycles. The van der Waals surface area contributed by atoms with Crippen molar-refractivity contribution in [2.75, 3.05) is 6.54 Å². The van der Waals surface area contributed by atoms with Crippen molar-refractivity contribution in [3.8, 4) is 0 Å². The second-order valence-corrected chi connectivity index (χ2v) is 11.7. The van der Waals surface area contributed by atoms with Crippen LogP contribution < -0.4 is 0 Å². The molecule has 0 aromatic carbocycles. The number of aromatic nitrogens is 3. The maximum absolute atomic E-state index is 13.6. The smallest absolute Gasteiger partial charge is 0.292 e. The van der Waals surface area contributed by atoms with Crippen LogP contribution in [-0.2, 0) is 22.5 Å². The fourth-order valence-corrected chi connectivity index (χ4v) is 6.27. The number of amides is 1. The largest absolute Gasteiger partial charge is 0.435 e. The molecule has 3 aliphatic heterocycles. The maximum Gasteiger partial charge on any atom is 0.292 e. The first-order valence-electron chi connectivity index (χ1n) is 10.6. The van der Waals surface area contributed by atoms with Crippen LogP contribution in [-0.4, -0.2) is 43.0 Å². The Hall–Kier alpha value is -2.51. The predicted molar refractivity (Wildman–Crippen MR) is 127 cm³/mol. The molecule has 32 heavy (non-hydrogen) atoms. The molecule has 168 valence electrons. The summed E-state index contributed by atoms with van der Waals surface area (Å²) in [6.07, 6.45) is 10.0. The van der Waals surface area contributed by atoms with E-state index in [1.54, 1.807) is 6.33 Å². The van der Waals surface area contributed by atoms with Crippen LogP contribution >= 0.6 is 9.24 Å². The fourth-order valence-electron chi connectivity index (χ4n) is 4.01. The highest BCUT2D eigenvalue weighted by molar-refractivity contribution is 7.90. The van der Waals surface area contributed by atoms with Crippen LogP contribution in [0.25, 0.3) is 0 Å². The van der Waals surface area contributed by atoms with Crippen molar-refractivity contribution in [3.05, 3.63) is 70.6 Å². The summed E-state index contributed by atoms with van der Waals surface area (Å²) >= 11 is 0. The highest BCUT2D eigenvalue weighted by atomic mass is 32.2. The summed E-state index contributed by atoms with van der Waals surface area (Å²) < 4.78 is 10.8. The zero-order valence-corrected chi connectivity index (χ0v) is 20.5. The summed E-state index contributed by atoms with van der Waals surface area (Å²) in [6.45, 7) is 8.74. The van der Waals surface area contributed by atoms with E-state index in [-0.39, 0.29) is 22.5 Å². The number of hydrogen-bond acceptors (Lipinski definition) is 6. The van der Waals surface area contributed by atoms with Crippen LogP contribution in [0.2, 0.25) is 0 Å². The van der Waals surface area contributed by atoms with Gasteiger partial charge in [-0.05, 0) is 28.0 Å². The number of allylic oxidation sites excluding steroid dienone is 3. The lowest BCUT2D eigenvalue weighted by molar-refractivity contribution is 0.0688. The molecule has 1 N–H and O–H groups in total. The van der Waals surface area contributed by atoms with Gasteiger partial charge in [-0.2, -0.15) is 0 Å². The minimum Gasteiger partial charge on any atom is -0.435 e. The van der Waals surface area contributed by atoms with Gasteiger partial charge in [-0.1, -0.05) is 33.8 Å². The van der Waals surface area contributed by atoms with Crippen molar-refractivity contribution < 1.29 is 9.21 Å². The van der Waals surface area contributed by atoms with Crippen LogP contribution in [0.5, 0.6) is 0 Å². The second-order valence-electron chi connectivity index (χ2n) is 9.18. The minimum atomic E-state index is -0.597. The molecular formula is C22H27N6O2PS. The number of aromatic amines is 1. The molecule has 2 aromatic rings. The molecule has 0 saturated heterocycles. The van der Waals surface area contributed by atoms with Gasteiger partial charge in [0.2, 0.25) is 11.7 Å².